The van der Waals surface area contributed by atoms with Crippen LogP contribution in [0.3, 0.4) is 0 Å². The number of carbonyl (C=O) groups excluding carboxylic acids is 1. The number of benzene rings is 2. The van der Waals surface area contributed by atoms with Crippen molar-refractivity contribution >= 4 is 11.7 Å². The summed E-state index contributed by atoms with van der Waals surface area (Å²) in [6.07, 6.45) is -0.190. The largest absolute Gasteiger partial charge is 0.504 e. The lowest BCUT2D eigenvalue weighted by Crippen LogP contribution is -2.46. The summed E-state index contributed by atoms with van der Waals surface area (Å²) in [6.45, 7) is 3.43. The third kappa shape index (κ3) is 6.03. The number of carbonyl (C=O) groups is 1. The highest BCUT2D eigenvalue weighted by atomic mass is 16.5. The summed E-state index contributed by atoms with van der Waals surface area (Å²) in [5.41, 5.74) is 1.02. The van der Waals surface area contributed by atoms with Crippen LogP contribution in [0.15, 0.2) is 57.7 Å². The van der Waals surface area contributed by atoms with Gasteiger partial charge in [0.1, 0.15) is 11.5 Å². The molecule has 0 aliphatic carbocycles. The molecular weight excluding hydrogens is 492 g/mol. The van der Waals surface area contributed by atoms with Crippen LogP contribution < -0.4 is 19.8 Å². The highest BCUT2D eigenvalue weighted by Crippen LogP contribution is 2.37. The molecule has 38 heavy (non-hydrogen) atoms. The summed E-state index contributed by atoms with van der Waals surface area (Å²) in [7, 11) is 4.30. The molecule has 10 nitrogen and oxygen atoms in total. The molecule has 4 rings (SSSR count). The first kappa shape index (κ1) is 26.9. The highest BCUT2D eigenvalue weighted by Gasteiger charge is 2.28. The van der Waals surface area contributed by atoms with E-state index in [1.54, 1.807) is 13.2 Å². The molecule has 1 aliphatic rings. The number of ether oxygens (including phenoxy) is 3. The van der Waals surface area contributed by atoms with E-state index in [-0.39, 0.29) is 23.7 Å². The Bertz CT molecular complexity index is 1310. The van der Waals surface area contributed by atoms with Crippen molar-refractivity contribution < 1.29 is 33.6 Å². The fraction of sp³-hybridized carbons (Fsp3) is 0.357. The molecule has 202 valence electrons. The van der Waals surface area contributed by atoms with E-state index in [1.807, 2.05) is 24.3 Å². The van der Waals surface area contributed by atoms with Gasteiger partial charge in [-0.25, -0.2) is 0 Å². The van der Waals surface area contributed by atoms with Gasteiger partial charge < -0.3 is 33.7 Å². The Balaban J connectivity index is 1.55. The van der Waals surface area contributed by atoms with Crippen LogP contribution in [-0.2, 0) is 16.1 Å². The van der Waals surface area contributed by atoms with E-state index in [0.29, 0.717) is 17.9 Å². The summed E-state index contributed by atoms with van der Waals surface area (Å²) in [5.74, 6) is -0.711. The minimum Gasteiger partial charge on any atom is -0.504 e. The van der Waals surface area contributed by atoms with E-state index in [9.17, 15) is 19.8 Å². The van der Waals surface area contributed by atoms with Crippen molar-refractivity contribution in [1.29, 1.82) is 0 Å². The van der Waals surface area contributed by atoms with Crippen molar-refractivity contribution in [2.45, 2.75) is 18.9 Å². The minimum atomic E-state index is -0.837. The second-order valence-electron chi connectivity index (χ2n) is 9.02. The number of methoxy groups -OCH3 is 3. The lowest BCUT2D eigenvalue weighted by Gasteiger charge is -2.36. The minimum absolute atomic E-state index is 0.0393. The van der Waals surface area contributed by atoms with Crippen LogP contribution in [0.1, 0.15) is 29.4 Å². The van der Waals surface area contributed by atoms with Gasteiger partial charge >= 0.3 is 5.97 Å². The molecule has 10 heteroatoms. The molecule has 3 aromatic rings. The molecule has 1 aliphatic heterocycles. The van der Waals surface area contributed by atoms with E-state index in [0.717, 1.165) is 37.6 Å². The summed E-state index contributed by atoms with van der Waals surface area (Å²) in [5, 5.41) is 20.7. The van der Waals surface area contributed by atoms with Crippen LogP contribution in [0.5, 0.6) is 23.0 Å². The van der Waals surface area contributed by atoms with Crippen molar-refractivity contribution in [2.24, 2.45) is 0 Å². The maximum absolute atomic E-state index is 12.7. The maximum Gasteiger partial charge on any atom is 0.306 e. The van der Waals surface area contributed by atoms with Crippen LogP contribution in [-0.4, -0.2) is 68.6 Å². The molecule has 1 fully saturated rings. The normalized spacial score (nSPS) is 14.7. The number of phenols is 1. The zero-order chi connectivity index (χ0) is 27.2. The molecule has 0 saturated carbocycles. The van der Waals surface area contributed by atoms with Gasteiger partial charge in [-0.2, -0.15) is 0 Å². The van der Waals surface area contributed by atoms with Crippen LogP contribution in [0, 0.1) is 0 Å². The molecule has 0 radical (unpaired) electrons. The number of phenolic OH excluding ortho intramolecular Hbond substituents is 1. The van der Waals surface area contributed by atoms with E-state index in [4.69, 9.17) is 18.6 Å². The highest BCUT2D eigenvalue weighted by molar-refractivity contribution is 5.71. The van der Waals surface area contributed by atoms with Crippen molar-refractivity contribution in [3.05, 3.63) is 75.8 Å². The monoisotopic (exact) mass is 524 g/mol. The van der Waals surface area contributed by atoms with Crippen molar-refractivity contribution in [3.8, 4) is 23.0 Å². The Labute approximate surface area is 220 Å². The number of hydrogen-bond donors (Lipinski definition) is 2. The molecule has 2 heterocycles. The lowest BCUT2D eigenvalue weighted by molar-refractivity contribution is -0.140. The third-order valence-electron chi connectivity index (χ3n) is 6.71. The number of rotatable bonds is 9. The molecule has 1 aromatic heterocycles. The summed E-state index contributed by atoms with van der Waals surface area (Å²) in [6, 6.07) is 13.7. The summed E-state index contributed by atoms with van der Waals surface area (Å²) in [4.78, 5) is 29.4. The quantitative estimate of drug-likeness (QED) is 0.404. The number of hydrogen-bond acceptors (Lipinski definition) is 10. The van der Waals surface area contributed by atoms with Crippen LogP contribution in [0.2, 0.25) is 0 Å². The average molecular weight is 525 g/mol. The Morgan fingerprint density at radius 3 is 2.32 bits per heavy atom. The summed E-state index contributed by atoms with van der Waals surface area (Å²) >= 11 is 0. The topological polar surface area (TPSA) is 122 Å². The van der Waals surface area contributed by atoms with Gasteiger partial charge in [0, 0.05) is 37.9 Å². The second kappa shape index (κ2) is 11.9. The Kier molecular flexibility index (Phi) is 8.42. The molecule has 2 N–H and O–H groups in total. The van der Waals surface area contributed by atoms with Gasteiger partial charge in [0.05, 0.1) is 40.2 Å². The fourth-order valence-corrected chi connectivity index (χ4v) is 4.57. The van der Waals surface area contributed by atoms with E-state index in [2.05, 4.69) is 9.80 Å². The van der Waals surface area contributed by atoms with Gasteiger partial charge in [-0.1, -0.05) is 6.07 Å². The summed E-state index contributed by atoms with van der Waals surface area (Å²) < 4.78 is 21.3. The first-order valence-corrected chi connectivity index (χ1v) is 12.2. The standard InChI is InChI=1S/C28H32N2O8/c1-35-20-7-5-19(6-8-20)30-12-10-29(11-13-30)17-21-15-24(32)27(34)28(38-21)22(16-26(33)37-3)18-4-9-23(31)25(14-18)36-2/h4-9,14-15,22,31,34H,10-13,16-17H2,1-3H3. The number of piperazine rings is 1. The van der Waals surface area contributed by atoms with E-state index < -0.39 is 23.1 Å². The first-order chi connectivity index (χ1) is 18.3. The molecule has 2 aromatic carbocycles. The first-order valence-electron chi connectivity index (χ1n) is 12.2. The maximum atomic E-state index is 12.7. The number of nitrogens with zero attached hydrogens (tertiary/aromatic N) is 2. The van der Waals surface area contributed by atoms with Gasteiger partial charge in [0.2, 0.25) is 11.2 Å². The molecular formula is C28H32N2O8. The number of esters is 1. The zero-order valence-electron chi connectivity index (χ0n) is 21.7. The van der Waals surface area contributed by atoms with Crippen LogP contribution in [0.25, 0.3) is 0 Å². The molecule has 1 saturated heterocycles. The Morgan fingerprint density at radius 1 is 0.974 bits per heavy atom. The molecule has 1 unspecified atom stereocenters. The van der Waals surface area contributed by atoms with Crippen molar-refractivity contribution in [1.82, 2.24) is 4.90 Å². The van der Waals surface area contributed by atoms with Gasteiger partial charge in [-0.3, -0.25) is 14.5 Å². The molecule has 0 spiro atoms. The van der Waals surface area contributed by atoms with Gasteiger partial charge in [0.15, 0.2) is 17.3 Å². The third-order valence-corrected chi connectivity index (χ3v) is 6.71. The van der Waals surface area contributed by atoms with E-state index >= 15 is 0 Å². The Morgan fingerprint density at radius 2 is 1.68 bits per heavy atom. The van der Waals surface area contributed by atoms with Crippen LogP contribution >= 0.6 is 0 Å². The molecule has 0 bridgehead atoms. The van der Waals surface area contributed by atoms with Gasteiger partial charge in [0.25, 0.3) is 0 Å². The smallest absolute Gasteiger partial charge is 0.306 e. The number of aromatic hydroxyl groups is 2. The van der Waals surface area contributed by atoms with E-state index in [1.165, 1.54) is 32.4 Å². The van der Waals surface area contributed by atoms with Crippen molar-refractivity contribution in [2.75, 3.05) is 52.4 Å². The number of anilines is 1. The second-order valence-corrected chi connectivity index (χ2v) is 9.02. The molecule has 0 amide bonds. The van der Waals surface area contributed by atoms with Crippen molar-refractivity contribution in [3.63, 3.8) is 0 Å². The Hall–Kier alpha value is -4.18. The zero-order valence-corrected chi connectivity index (χ0v) is 21.7. The fourth-order valence-electron chi connectivity index (χ4n) is 4.57. The lowest BCUT2D eigenvalue weighted by atomic mass is 9.92. The van der Waals surface area contributed by atoms with Gasteiger partial charge in [-0.15, -0.1) is 0 Å². The SMILES string of the molecule is COC(=O)CC(c1ccc(O)c(OC)c1)c1oc(CN2CCN(c3ccc(OC)cc3)CC2)cc(=O)c1O. The predicted octanol–water partition coefficient (Wildman–Crippen LogP) is 3.09. The average Bonchev–Trinajstić information content (AvgIpc) is 2.94. The predicted molar refractivity (Wildman–Crippen MR) is 140 cm³/mol. The van der Waals surface area contributed by atoms with Crippen LogP contribution in [0.4, 0.5) is 5.69 Å². The molecule has 1 atom stereocenters. The van der Waals surface area contributed by atoms with Gasteiger partial charge in [-0.05, 0) is 42.0 Å².